The lowest BCUT2D eigenvalue weighted by Gasteiger charge is -2.18. The molecule has 31 heavy (non-hydrogen) atoms. The van der Waals surface area contributed by atoms with Gasteiger partial charge in [-0.25, -0.2) is 4.98 Å². The van der Waals surface area contributed by atoms with Gasteiger partial charge in [0.25, 0.3) is 0 Å². The summed E-state index contributed by atoms with van der Waals surface area (Å²) in [6.45, 7) is 3.41. The lowest BCUT2D eigenvalue weighted by Crippen LogP contribution is -2.24. The van der Waals surface area contributed by atoms with Crippen molar-refractivity contribution in [3.8, 4) is 5.75 Å². The quantitative estimate of drug-likeness (QED) is 0.468. The Labute approximate surface area is 181 Å². The molecule has 0 N–H and O–H groups in total. The number of rotatable bonds is 5. The summed E-state index contributed by atoms with van der Waals surface area (Å²) < 4.78 is 7.55. The number of fused-ring (bicyclic) bond motifs is 1. The van der Waals surface area contributed by atoms with Crippen molar-refractivity contribution >= 4 is 22.6 Å². The fourth-order valence-electron chi connectivity index (χ4n) is 4.34. The number of ether oxygens (including phenoxy) is 1. The number of amides is 1. The van der Waals surface area contributed by atoms with E-state index in [2.05, 4.69) is 41.8 Å². The van der Waals surface area contributed by atoms with E-state index < -0.39 is 0 Å². The first-order valence-electron chi connectivity index (χ1n) is 10.6. The van der Waals surface area contributed by atoms with E-state index in [-0.39, 0.29) is 11.8 Å². The molecular weight excluding hydrogens is 386 g/mol. The third-order valence-electron chi connectivity index (χ3n) is 6.02. The van der Waals surface area contributed by atoms with Crippen LogP contribution in [0.1, 0.15) is 29.3 Å². The molecule has 1 aliphatic rings. The van der Waals surface area contributed by atoms with Gasteiger partial charge in [-0.1, -0.05) is 42.0 Å². The standard InChI is InChI=1S/C26H25N3O2/c1-18-7-11-21(12-8-18)28-17-20(15-25(28)30)26-27-23-5-3-4-6-24(23)29(26)16-19-9-13-22(31-2)14-10-19/h3-14,20H,15-17H2,1-2H3/t20-/m1/s1. The number of imidazole rings is 1. The zero-order chi connectivity index (χ0) is 21.4. The minimum Gasteiger partial charge on any atom is -0.497 e. The van der Waals surface area contributed by atoms with Crippen LogP contribution in [-0.4, -0.2) is 29.1 Å². The molecule has 2 heterocycles. The minimum absolute atomic E-state index is 0.0550. The lowest BCUT2D eigenvalue weighted by atomic mass is 10.1. The van der Waals surface area contributed by atoms with Crippen LogP contribution in [-0.2, 0) is 11.3 Å². The lowest BCUT2D eigenvalue weighted by molar-refractivity contribution is -0.117. The Morgan fingerprint density at radius 3 is 2.48 bits per heavy atom. The Bertz CT molecular complexity index is 1230. The number of methoxy groups -OCH3 is 1. The zero-order valence-electron chi connectivity index (χ0n) is 17.8. The van der Waals surface area contributed by atoms with Gasteiger partial charge in [0.05, 0.1) is 18.1 Å². The van der Waals surface area contributed by atoms with Gasteiger partial charge < -0.3 is 14.2 Å². The van der Waals surface area contributed by atoms with E-state index in [1.54, 1.807) is 7.11 Å². The molecular formula is C26H25N3O2. The maximum absolute atomic E-state index is 12.9. The number of nitrogens with zero attached hydrogens (tertiary/aromatic N) is 3. The molecule has 0 unspecified atom stereocenters. The highest BCUT2D eigenvalue weighted by atomic mass is 16.5. The number of anilines is 1. The molecule has 0 radical (unpaired) electrons. The number of aromatic nitrogens is 2. The molecule has 3 aromatic carbocycles. The third kappa shape index (κ3) is 3.67. The highest BCUT2D eigenvalue weighted by molar-refractivity contribution is 5.96. The molecule has 1 atom stereocenters. The van der Waals surface area contributed by atoms with E-state index in [1.165, 1.54) is 11.1 Å². The Balaban J connectivity index is 1.50. The Hall–Kier alpha value is -3.60. The van der Waals surface area contributed by atoms with Gasteiger partial charge in [-0.3, -0.25) is 4.79 Å². The van der Waals surface area contributed by atoms with Crippen molar-refractivity contribution in [3.05, 3.63) is 89.7 Å². The van der Waals surface area contributed by atoms with Gasteiger partial charge in [0, 0.05) is 31.1 Å². The molecule has 0 spiro atoms. The van der Waals surface area contributed by atoms with Crippen LogP contribution in [0.4, 0.5) is 5.69 Å². The summed E-state index contributed by atoms with van der Waals surface area (Å²) in [6, 6.07) is 24.5. The Morgan fingerprint density at radius 2 is 1.74 bits per heavy atom. The summed E-state index contributed by atoms with van der Waals surface area (Å²) in [5, 5.41) is 0. The fourth-order valence-corrected chi connectivity index (χ4v) is 4.34. The number of carbonyl (C=O) groups excluding carboxylic acids is 1. The van der Waals surface area contributed by atoms with Crippen molar-refractivity contribution in [1.29, 1.82) is 0 Å². The number of benzene rings is 3. The molecule has 4 aromatic rings. The fraction of sp³-hybridized carbons (Fsp3) is 0.231. The average Bonchev–Trinajstić information content (AvgIpc) is 3.35. The van der Waals surface area contributed by atoms with Crippen LogP contribution < -0.4 is 9.64 Å². The van der Waals surface area contributed by atoms with Crippen molar-refractivity contribution in [3.63, 3.8) is 0 Å². The van der Waals surface area contributed by atoms with Crippen LogP contribution in [0.15, 0.2) is 72.8 Å². The highest BCUT2D eigenvalue weighted by Gasteiger charge is 2.34. The van der Waals surface area contributed by atoms with E-state index in [1.807, 2.05) is 47.4 Å². The molecule has 156 valence electrons. The van der Waals surface area contributed by atoms with Crippen LogP contribution in [0.2, 0.25) is 0 Å². The summed E-state index contributed by atoms with van der Waals surface area (Å²) in [6.07, 6.45) is 0.472. The van der Waals surface area contributed by atoms with Gasteiger partial charge in [-0.15, -0.1) is 0 Å². The van der Waals surface area contributed by atoms with Gasteiger partial charge in [0.1, 0.15) is 11.6 Å². The van der Waals surface area contributed by atoms with Gasteiger partial charge >= 0.3 is 0 Å². The molecule has 1 amide bonds. The maximum atomic E-state index is 12.9. The highest BCUT2D eigenvalue weighted by Crippen LogP contribution is 2.33. The number of hydrogen-bond donors (Lipinski definition) is 0. The van der Waals surface area contributed by atoms with Gasteiger partial charge in [0.2, 0.25) is 5.91 Å². The van der Waals surface area contributed by atoms with E-state index in [4.69, 9.17) is 9.72 Å². The van der Waals surface area contributed by atoms with Crippen LogP contribution >= 0.6 is 0 Å². The molecule has 1 saturated heterocycles. The Kier molecular flexibility index (Phi) is 4.94. The SMILES string of the molecule is COc1ccc(Cn2c([C@@H]3CC(=O)N(c4ccc(C)cc4)C3)nc3ccccc32)cc1. The molecule has 0 aliphatic carbocycles. The first-order valence-corrected chi connectivity index (χ1v) is 10.6. The van der Waals surface area contributed by atoms with E-state index >= 15 is 0 Å². The monoisotopic (exact) mass is 411 g/mol. The summed E-state index contributed by atoms with van der Waals surface area (Å²) in [5.41, 5.74) is 5.37. The molecule has 5 rings (SSSR count). The van der Waals surface area contributed by atoms with Crippen molar-refractivity contribution in [1.82, 2.24) is 9.55 Å². The second-order valence-corrected chi connectivity index (χ2v) is 8.13. The number of hydrogen-bond acceptors (Lipinski definition) is 3. The summed E-state index contributed by atoms with van der Waals surface area (Å²) in [4.78, 5) is 19.7. The second kappa shape index (κ2) is 7.91. The third-order valence-corrected chi connectivity index (χ3v) is 6.02. The van der Waals surface area contributed by atoms with Gasteiger partial charge in [0.15, 0.2) is 0 Å². The van der Waals surface area contributed by atoms with E-state index in [9.17, 15) is 4.79 Å². The largest absolute Gasteiger partial charge is 0.497 e. The average molecular weight is 412 g/mol. The van der Waals surface area contributed by atoms with Crippen LogP contribution in [0.5, 0.6) is 5.75 Å². The normalized spacial score (nSPS) is 16.3. The van der Waals surface area contributed by atoms with Gasteiger partial charge in [-0.2, -0.15) is 0 Å². The Morgan fingerprint density at radius 1 is 1.00 bits per heavy atom. The van der Waals surface area contributed by atoms with Crippen molar-refractivity contribution in [2.24, 2.45) is 0 Å². The molecule has 5 heteroatoms. The molecule has 1 fully saturated rings. The van der Waals surface area contributed by atoms with E-state index in [0.29, 0.717) is 19.5 Å². The molecule has 1 aliphatic heterocycles. The van der Waals surface area contributed by atoms with Gasteiger partial charge in [-0.05, 0) is 48.9 Å². The smallest absolute Gasteiger partial charge is 0.227 e. The first kappa shape index (κ1) is 19.4. The molecule has 0 saturated carbocycles. The predicted molar refractivity (Wildman–Crippen MR) is 123 cm³/mol. The predicted octanol–water partition coefficient (Wildman–Crippen LogP) is 4.92. The van der Waals surface area contributed by atoms with Crippen LogP contribution in [0, 0.1) is 6.92 Å². The molecule has 0 bridgehead atoms. The summed E-state index contributed by atoms with van der Waals surface area (Å²) in [7, 11) is 1.67. The molecule has 5 nitrogen and oxygen atoms in total. The summed E-state index contributed by atoms with van der Waals surface area (Å²) >= 11 is 0. The van der Waals surface area contributed by atoms with E-state index in [0.717, 1.165) is 28.3 Å². The van der Waals surface area contributed by atoms with Crippen molar-refractivity contribution < 1.29 is 9.53 Å². The topological polar surface area (TPSA) is 47.4 Å². The zero-order valence-corrected chi connectivity index (χ0v) is 17.8. The second-order valence-electron chi connectivity index (χ2n) is 8.13. The maximum Gasteiger partial charge on any atom is 0.227 e. The first-order chi connectivity index (χ1) is 15.1. The number of aryl methyl sites for hydroxylation is 1. The van der Waals surface area contributed by atoms with Crippen molar-refractivity contribution in [2.75, 3.05) is 18.6 Å². The number of para-hydroxylation sites is 2. The minimum atomic E-state index is 0.0550. The molecule has 1 aromatic heterocycles. The van der Waals surface area contributed by atoms with Crippen LogP contribution in [0.3, 0.4) is 0 Å². The number of carbonyl (C=O) groups is 1. The van der Waals surface area contributed by atoms with Crippen molar-refractivity contribution in [2.45, 2.75) is 25.8 Å². The summed E-state index contributed by atoms with van der Waals surface area (Å²) in [5.74, 6) is 2.02. The van der Waals surface area contributed by atoms with Crippen LogP contribution in [0.25, 0.3) is 11.0 Å².